The average Bonchev–Trinajstić information content (AvgIpc) is 2.68. The van der Waals surface area contributed by atoms with E-state index >= 15 is 0 Å². The molecule has 0 atom stereocenters. The standard InChI is InChI=1S/C24H18O4/c25-23(26)21-11-19-9-17-7-15-5-13-3-1-2-4-14(13)6-16(15)8-18(17)10-20(19)12-22(21)24(27)28/h1-4,7-8,11-12H,5-6,9-10H2,(H,25,26)(H,27,28). The van der Waals surface area contributed by atoms with E-state index in [0.717, 1.165) is 24.0 Å². The van der Waals surface area contributed by atoms with Crippen molar-refractivity contribution in [2.24, 2.45) is 0 Å². The van der Waals surface area contributed by atoms with E-state index in [9.17, 15) is 19.8 Å². The molecule has 0 heterocycles. The summed E-state index contributed by atoms with van der Waals surface area (Å²) in [4.78, 5) is 23.0. The maximum Gasteiger partial charge on any atom is 0.336 e. The maximum atomic E-state index is 11.5. The third-order valence-corrected chi connectivity index (χ3v) is 5.96. The lowest BCUT2D eigenvalue weighted by Gasteiger charge is -2.26. The number of aromatic carboxylic acids is 2. The summed E-state index contributed by atoms with van der Waals surface area (Å²) >= 11 is 0. The highest BCUT2D eigenvalue weighted by Gasteiger charge is 2.25. The van der Waals surface area contributed by atoms with Crippen LogP contribution in [0.15, 0.2) is 48.5 Å². The van der Waals surface area contributed by atoms with Gasteiger partial charge in [-0.3, -0.25) is 0 Å². The molecule has 0 spiro atoms. The molecular weight excluding hydrogens is 352 g/mol. The second-order valence-electron chi connectivity index (χ2n) is 7.64. The Morgan fingerprint density at radius 2 is 0.857 bits per heavy atom. The van der Waals surface area contributed by atoms with Gasteiger partial charge in [0.1, 0.15) is 0 Å². The summed E-state index contributed by atoms with van der Waals surface area (Å²) in [5.74, 6) is -2.40. The van der Waals surface area contributed by atoms with Gasteiger partial charge < -0.3 is 10.2 Å². The highest BCUT2D eigenvalue weighted by molar-refractivity contribution is 6.02. The van der Waals surface area contributed by atoms with Gasteiger partial charge in [-0.05, 0) is 82.3 Å². The summed E-state index contributed by atoms with van der Waals surface area (Å²) < 4.78 is 0. The maximum absolute atomic E-state index is 11.5. The smallest absolute Gasteiger partial charge is 0.336 e. The molecule has 2 aliphatic rings. The van der Waals surface area contributed by atoms with Crippen LogP contribution in [-0.2, 0) is 25.7 Å². The predicted octanol–water partition coefficient (Wildman–Crippen LogP) is 4.07. The van der Waals surface area contributed by atoms with Crippen LogP contribution in [-0.4, -0.2) is 22.2 Å². The van der Waals surface area contributed by atoms with Crippen molar-refractivity contribution in [2.75, 3.05) is 0 Å². The van der Waals surface area contributed by atoms with Crippen molar-refractivity contribution in [2.45, 2.75) is 25.7 Å². The summed E-state index contributed by atoms with van der Waals surface area (Å²) in [5, 5.41) is 18.8. The molecule has 0 fully saturated rings. The van der Waals surface area contributed by atoms with Crippen molar-refractivity contribution >= 4 is 11.9 Å². The second-order valence-corrected chi connectivity index (χ2v) is 7.64. The first-order chi connectivity index (χ1) is 13.5. The molecule has 2 aliphatic carbocycles. The van der Waals surface area contributed by atoms with Gasteiger partial charge in [0.25, 0.3) is 0 Å². The molecule has 3 aromatic carbocycles. The van der Waals surface area contributed by atoms with E-state index in [2.05, 4.69) is 36.4 Å². The first-order valence-electron chi connectivity index (χ1n) is 9.32. The molecule has 138 valence electrons. The van der Waals surface area contributed by atoms with Gasteiger partial charge in [-0.2, -0.15) is 0 Å². The number of hydrogen-bond acceptors (Lipinski definition) is 2. The third kappa shape index (κ3) is 2.61. The minimum absolute atomic E-state index is 0.137. The summed E-state index contributed by atoms with van der Waals surface area (Å²) in [5.41, 5.74) is 9.37. The molecule has 0 aliphatic heterocycles. The second kappa shape index (κ2) is 6.06. The molecule has 2 N–H and O–H groups in total. The van der Waals surface area contributed by atoms with Gasteiger partial charge in [-0.1, -0.05) is 36.4 Å². The van der Waals surface area contributed by atoms with Crippen molar-refractivity contribution in [1.29, 1.82) is 0 Å². The molecule has 0 saturated carbocycles. The molecule has 0 aromatic heterocycles. The minimum Gasteiger partial charge on any atom is -0.478 e. The lowest BCUT2D eigenvalue weighted by atomic mass is 9.78. The molecule has 28 heavy (non-hydrogen) atoms. The third-order valence-electron chi connectivity index (χ3n) is 5.96. The van der Waals surface area contributed by atoms with Gasteiger partial charge in [0, 0.05) is 0 Å². The molecule has 0 bridgehead atoms. The largest absolute Gasteiger partial charge is 0.478 e. The Kier molecular flexibility index (Phi) is 3.63. The van der Waals surface area contributed by atoms with Gasteiger partial charge >= 0.3 is 11.9 Å². The Labute approximate surface area is 162 Å². The van der Waals surface area contributed by atoms with Crippen LogP contribution in [0.5, 0.6) is 0 Å². The molecule has 4 heteroatoms. The summed E-state index contributed by atoms with van der Waals surface area (Å²) in [6, 6.07) is 16.1. The zero-order valence-electron chi connectivity index (χ0n) is 15.2. The van der Waals surface area contributed by atoms with Crippen molar-refractivity contribution in [3.8, 4) is 0 Å². The quantitative estimate of drug-likeness (QED) is 0.491. The van der Waals surface area contributed by atoms with Crippen LogP contribution in [0.3, 0.4) is 0 Å². The van der Waals surface area contributed by atoms with E-state index in [0.29, 0.717) is 12.8 Å². The summed E-state index contributed by atoms with van der Waals surface area (Å²) in [6.45, 7) is 0. The van der Waals surface area contributed by atoms with E-state index in [-0.39, 0.29) is 11.1 Å². The van der Waals surface area contributed by atoms with Gasteiger partial charge in [0.15, 0.2) is 0 Å². The van der Waals surface area contributed by atoms with Crippen LogP contribution in [0.1, 0.15) is 65.2 Å². The minimum atomic E-state index is -1.20. The van der Waals surface area contributed by atoms with Crippen molar-refractivity contribution in [1.82, 2.24) is 0 Å². The number of rotatable bonds is 2. The van der Waals surface area contributed by atoms with Crippen molar-refractivity contribution in [3.05, 3.63) is 104 Å². The first-order valence-corrected chi connectivity index (χ1v) is 9.32. The van der Waals surface area contributed by atoms with E-state index in [1.807, 2.05) is 0 Å². The Morgan fingerprint density at radius 1 is 0.536 bits per heavy atom. The lowest BCUT2D eigenvalue weighted by Crippen LogP contribution is -2.16. The average molecular weight is 370 g/mol. The monoisotopic (exact) mass is 370 g/mol. The SMILES string of the molecule is O=C(O)c1cc2c(cc1C(=O)O)Cc1cc3c(cc1C2)Cc1ccccc1C3. The number of fused-ring (bicyclic) bond motifs is 4. The number of hydrogen-bond donors (Lipinski definition) is 2. The van der Waals surface area contributed by atoms with E-state index < -0.39 is 11.9 Å². The fourth-order valence-electron chi connectivity index (χ4n) is 4.55. The summed E-state index contributed by atoms with van der Waals surface area (Å²) in [6.07, 6.45) is 3.12. The zero-order valence-corrected chi connectivity index (χ0v) is 15.2. The number of benzene rings is 3. The lowest BCUT2D eigenvalue weighted by molar-refractivity contribution is 0.0651. The van der Waals surface area contributed by atoms with Gasteiger partial charge in [-0.15, -0.1) is 0 Å². The molecule has 0 unspecified atom stereocenters. The predicted molar refractivity (Wildman–Crippen MR) is 104 cm³/mol. The topological polar surface area (TPSA) is 74.6 Å². The number of carboxylic acid groups (broad SMARTS) is 2. The summed E-state index contributed by atoms with van der Waals surface area (Å²) in [7, 11) is 0. The van der Waals surface area contributed by atoms with Crippen molar-refractivity contribution in [3.63, 3.8) is 0 Å². The van der Waals surface area contributed by atoms with Gasteiger partial charge in [-0.25, -0.2) is 9.59 Å². The zero-order chi connectivity index (χ0) is 19.4. The molecule has 0 saturated heterocycles. The Morgan fingerprint density at radius 3 is 1.21 bits per heavy atom. The molecule has 0 amide bonds. The fraction of sp³-hybridized carbons (Fsp3) is 0.167. The van der Waals surface area contributed by atoms with E-state index in [1.54, 1.807) is 12.1 Å². The van der Waals surface area contributed by atoms with Crippen LogP contribution >= 0.6 is 0 Å². The van der Waals surface area contributed by atoms with Crippen LogP contribution in [0, 0.1) is 0 Å². The van der Waals surface area contributed by atoms with E-state index in [4.69, 9.17) is 0 Å². The highest BCUT2D eigenvalue weighted by atomic mass is 16.4. The number of carbonyl (C=O) groups is 2. The highest BCUT2D eigenvalue weighted by Crippen LogP contribution is 2.35. The van der Waals surface area contributed by atoms with Crippen LogP contribution in [0.2, 0.25) is 0 Å². The Balaban J connectivity index is 1.57. The van der Waals surface area contributed by atoms with Crippen LogP contribution < -0.4 is 0 Å². The molecule has 0 radical (unpaired) electrons. The first kappa shape index (κ1) is 16.8. The van der Waals surface area contributed by atoms with Crippen LogP contribution in [0.25, 0.3) is 0 Å². The van der Waals surface area contributed by atoms with E-state index in [1.165, 1.54) is 33.4 Å². The van der Waals surface area contributed by atoms with Crippen molar-refractivity contribution < 1.29 is 19.8 Å². The normalized spacial score (nSPS) is 13.7. The molecule has 4 nitrogen and oxygen atoms in total. The van der Waals surface area contributed by atoms with Gasteiger partial charge in [0.2, 0.25) is 0 Å². The molecule has 3 aromatic rings. The number of carboxylic acids is 2. The van der Waals surface area contributed by atoms with Gasteiger partial charge in [0.05, 0.1) is 11.1 Å². The Hall–Kier alpha value is -3.40. The Bertz CT molecular complexity index is 1080. The molecular formula is C24H18O4. The fourth-order valence-corrected chi connectivity index (χ4v) is 4.55. The van der Waals surface area contributed by atoms with Crippen LogP contribution in [0.4, 0.5) is 0 Å². The molecule has 5 rings (SSSR count).